The second-order valence-corrected chi connectivity index (χ2v) is 5.12. The second-order valence-electron chi connectivity index (χ2n) is 5.12. The average molecular weight is 283 g/mol. The van der Waals surface area contributed by atoms with Gasteiger partial charge in [-0.1, -0.05) is 49.4 Å². The van der Waals surface area contributed by atoms with Crippen molar-refractivity contribution in [2.45, 2.75) is 32.3 Å². The monoisotopic (exact) mass is 283 g/mol. The van der Waals surface area contributed by atoms with Crippen molar-refractivity contribution in [3.05, 3.63) is 65.7 Å². The fourth-order valence-corrected chi connectivity index (χ4v) is 2.34. The Morgan fingerprint density at radius 1 is 1.14 bits per heavy atom. The topological polar surface area (TPSA) is 52.3 Å². The molecule has 2 N–H and O–H groups in total. The number of amides is 1. The lowest BCUT2D eigenvalue weighted by molar-refractivity contribution is -0.118. The molecule has 3 heteroatoms. The fourth-order valence-electron chi connectivity index (χ4n) is 2.34. The Kier molecular flexibility index (Phi) is 5.38. The van der Waals surface area contributed by atoms with Gasteiger partial charge in [-0.15, -0.1) is 0 Å². The van der Waals surface area contributed by atoms with Crippen LogP contribution in [-0.4, -0.2) is 5.91 Å². The van der Waals surface area contributed by atoms with Gasteiger partial charge in [0, 0.05) is 6.42 Å². The zero-order valence-corrected chi connectivity index (χ0v) is 12.3. The normalized spacial score (nSPS) is 11.9. The highest BCUT2D eigenvalue weighted by atomic mass is 16.5. The molecule has 2 aromatic carbocycles. The average Bonchev–Trinajstić information content (AvgIpc) is 2.52. The van der Waals surface area contributed by atoms with Gasteiger partial charge in [0.2, 0.25) is 5.91 Å². The minimum Gasteiger partial charge on any atom is -0.489 e. The highest BCUT2D eigenvalue weighted by Crippen LogP contribution is 2.26. The van der Waals surface area contributed by atoms with Crippen LogP contribution in [0, 0.1) is 0 Å². The minimum absolute atomic E-state index is 0.155. The summed E-state index contributed by atoms with van der Waals surface area (Å²) in [6.45, 7) is 2.60. The number of hydrogen-bond donors (Lipinski definition) is 1. The van der Waals surface area contributed by atoms with E-state index >= 15 is 0 Å². The molecule has 110 valence electrons. The third-order valence-electron chi connectivity index (χ3n) is 3.52. The van der Waals surface area contributed by atoms with Crippen LogP contribution in [0.25, 0.3) is 0 Å². The van der Waals surface area contributed by atoms with Gasteiger partial charge in [-0.25, -0.2) is 0 Å². The first kappa shape index (κ1) is 15.1. The third-order valence-corrected chi connectivity index (χ3v) is 3.52. The number of nitrogens with two attached hydrogens (primary N) is 1. The van der Waals surface area contributed by atoms with Crippen molar-refractivity contribution in [1.29, 1.82) is 0 Å². The van der Waals surface area contributed by atoms with E-state index < -0.39 is 0 Å². The second kappa shape index (κ2) is 7.48. The van der Waals surface area contributed by atoms with Gasteiger partial charge in [0.05, 0.1) is 0 Å². The van der Waals surface area contributed by atoms with Gasteiger partial charge in [-0.05, 0) is 35.6 Å². The molecular weight excluding hydrogens is 262 g/mol. The van der Waals surface area contributed by atoms with Crippen LogP contribution in [0.5, 0.6) is 5.75 Å². The van der Waals surface area contributed by atoms with Gasteiger partial charge in [0.15, 0.2) is 0 Å². The number of ether oxygens (including phenoxy) is 1. The summed E-state index contributed by atoms with van der Waals surface area (Å²) in [4.78, 5) is 11.1. The summed E-state index contributed by atoms with van der Waals surface area (Å²) in [6, 6.07) is 18.0. The maximum absolute atomic E-state index is 11.1. The lowest BCUT2D eigenvalue weighted by Crippen LogP contribution is -2.15. The van der Waals surface area contributed by atoms with Crippen LogP contribution in [0.15, 0.2) is 54.6 Å². The van der Waals surface area contributed by atoms with E-state index in [0.29, 0.717) is 13.0 Å². The molecule has 0 aromatic heterocycles. The van der Waals surface area contributed by atoms with Crippen molar-refractivity contribution in [3.8, 4) is 5.75 Å². The molecule has 0 aliphatic heterocycles. The zero-order valence-electron chi connectivity index (χ0n) is 12.3. The van der Waals surface area contributed by atoms with E-state index in [1.54, 1.807) is 0 Å². The Balaban J connectivity index is 2.04. The maximum Gasteiger partial charge on any atom is 0.218 e. The summed E-state index contributed by atoms with van der Waals surface area (Å²) in [5.41, 5.74) is 7.54. The summed E-state index contributed by atoms with van der Waals surface area (Å²) in [5.74, 6) is 0.708. The van der Waals surface area contributed by atoms with Gasteiger partial charge in [-0.3, -0.25) is 4.79 Å². The van der Waals surface area contributed by atoms with Crippen molar-refractivity contribution in [3.63, 3.8) is 0 Å². The number of rotatable bonds is 7. The molecule has 0 spiro atoms. The van der Waals surface area contributed by atoms with E-state index in [1.807, 2.05) is 54.6 Å². The van der Waals surface area contributed by atoms with E-state index in [2.05, 4.69) is 6.92 Å². The fraction of sp³-hybridized carbons (Fsp3) is 0.278. The van der Waals surface area contributed by atoms with Gasteiger partial charge >= 0.3 is 0 Å². The highest BCUT2D eigenvalue weighted by Gasteiger charge is 2.13. The first-order valence-corrected chi connectivity index (χ1v) is 7.24. The SMILES string of the molecule is CCC(CC(N)=O)c1cccc(OCc2ccccc2)c1. The first-order valence-electron chi connectivity index (χ1n) is 7.24. The molecule has 0 bridgehead atoms. The number of benzene rings is 2. The van der Waals surface area contributed by atoms with Gasteiger partial charge in [-0.2, -0.15) is 0 Å². The van der Waals surface area contributed by atoms with E-state index in [0.717, 1.165) is 23.3 Å². The van der Waals surface area contributed by atoms with Crippen molar-refractivity contribution in [2.75, 3.05) is 0 Å². The standard InChI is InChI=1S/C18H21NO2/c1-2-15(12-18(19)20)16-9-6-10-17(11-16)21-13-14-7-4-3-5-8-14/h3-11,15H,2,12-13H2,1H3,(H2,19,20). The van der Waals surface area contributed by atoms with Crippen molar-refractivity contribution >= 4 is 5.91 Å². The van der Waals surface area contributed by atoms with Crippen molar-refractivity contribution in [1.82, 2.24) is 0 Å². The van der Waals surface area contributed by atoms with Crippen LogP contribution in [0.4, 0.5) is 0 Å². The predicted octanol–water partition coefficient (Wildman–Crippen LogP) is 3.63. The predicted molar refractivity (Wildman–Crippen MR) is 84.1 cm³/mol. The Labute approximate surface area is 125 Å². The van der Waals surface area contributed by atoms with Crippen LogP contribution >= 0.6 is 0 Å². The lowest BCUT2D eigenvalue weighted by Gasteiger charge is -2.15. The van der Waals surface area contributed by atoms with Crippen LogP contribution in [-0.2, 0) is 11.4 Å². The molecule has 1 atom stereocenters. The number of hydrogen-bond acceptors (Lipinski definition) is 2. The van der Waals surface area contributed by atoms with E-state index in [-0.39, 0.29) is 11.8 Å². The molecule has 2 rings (SSSR count). The van der Waals surface area contributed by atoms with Crippen molar-refractivity contribution < 1.29 is 9.53 Å². The molecule has 2 aromatic rings. The molecule has 0 heterocycles. The number of carbonyl (C=O) groups is 1. The Morgan fingerprint density at radius 3 is 2.57 bits per heavy atom. The molecule has 0 saturated heterocycles. The summed E-state index contributed by atoms with van der Waals surface area (Å²) >= 11 is 0. The smallest absolute Gasteiger partial charge is 0.218 e. The summed E-state index contributed by atoms with van der Waals surface area (Å²) in [7, 11) is 0. The Hall–Kier alpha value is -2.29. The molecule has 0 fully saturated rings. The third kappa shape index (κ3) is 4.63. The van der Waals surface area contributed by atoms with Crippen LogP contribution < -0.4 is 10.5 Å². The molecule has 3 nitrogen and oxygen atoms in total. The van der Waals surface area contributed by atoms with E-state index in [9.17, 15) is 4.79 Å². The van der Waals surface area contributed by atoms with Crippen molar-refractivity contribution in [2.24, 2.45) is 5.73 Å². The van der Waals surface area contributed by atoms with Gasteiger partial charge < -0.3 is 10.5 Å². The largest absolute Gasteiger partial charge is 0.489 e. The van der Waals surface area contributed by atoms with E-state index in [4.69, 9.17) is 10.5 Å². The number of carbonyl (C=O) groups excluding carboxylic acids is 1. The van der Waals surface area contributed by atoms with Crippen LogP contribution in [0.2, 0.25) is 0 Å². The summed E-state index contributed by atoms with van der Waals surface area (Å²) < 4.78 is 5.82. The van der Waals surface area contributed by atoms with Gasteiger partial charge in [0.1, 0.15) is 12.4 Å². The van der Waals surface area contributed by atoms with Gasteiger partial charge in [0.25, 0.3) is 0 Å². The zero-order chi connectivity index (χ0) is 15.1. The van der Waals surface area contributed by atoms with Crippen LogP contribution in [0.3, 0.4) is 0 Å². The Bertz CT molecular complexity index is 581. The molecule has 0 aliphatic rings. The molecule has 21 heavy (non-hydrogen) atoms. The molecule has 1 amide bonds. The summed E-state index contributed by atoms with van der Waals surface area (Å²) in [6.07, 6.45) is 1.25. The minimum atomic E-state index is -0.266. The summed E-state index contributed by atoms with van der Waals surface area (Å²) in [5, 5.41) is 0. The molecule has 0 aliphatic carbocycles. The maximum atomic E-state index is 11.1. The Morgan fingerprint density at radius 2 is 1.90 bits per heavy atom. The lowest BCUT2D eigenvalue weighted by atomic mass is 9.93. The van der Waals surface area contributed by atoms with Crippen LogP contribution in [0.1, 0.15) is 36.8 Å². The molecular formula is C18H21NO2. The molecule has 0 radical (unpaired) electrons. The van der Waals surface area contributed by atoms with E-state index in [1.165, 1.54) is 0 Å². The molecule has 0 saturated carbocycles. The molecule has 1 unspecified atom stereocenters. The number of primary amides is 1. The highest BCUT2D eigenvalue weighted by molar-refractivity contribution is 5.74. The first-order chi connectivity index (χ1) is 10.2. The quantitative estimate of drug-likeness (QED) is 0.843.